The SMILES string of the molecule is NC(=S)C1CCN(S(=O)(=O)c2ccc(Cl)c(Br)c2)CC1. The highest BCUT2D eigenvalue weighted by Gasteiger charge is 2.30. The van der Waals surface area contributed by atoms with Crippen molar-refractivity contribution >= 4 is 54.8 Å². The number of benzene rings is 1. The molecule has 1 aliphatic rings. The van der Waals surface area contributed by atoms with Crippen LogP contribution in [0.1, 0.15) is 12.8 Å². The number of nitrogens with two attached hydrogens (primary N) is 1. The molecule has 2 rings (SSSR count). The number of rotatable bonds is 3. The number of hydrogen-bond acceptors (Lipinski definition) is 3. The van der Waals surface area contributed by atoms with Crippen molar-refractivity contribution in [2.75, 3.05) is 13.1 Å². The molecule has 0 aliphatic carbocycles. The topological polar surface area (TPSA) is 63.4 Å². The Morgan fingerprint density at radius 2 is 2.00 bits per heavy atom. The first-order valence-electron chi connectivity index (χ1n) is 6.07. The molecule has 0 bridgehead atoms. The molecule has 1 fully saturated rings. The molecule has 0 aromatic heterocycles. The van der Waals surface area contributed by atoms with Gasteiger partial charge in [-0.15, -0.1) is 0 Å². The molecular weight excluding hydrogens is 384 g/mol. The predicted octanol–water partition coefficient (Wildman–Crippen LogP) is 2.79. The Morgan fingerprint density at radius 1 is 1.40 bits per heavy atom. The standard InChI is InChI=1S/C12H14BrClN2O2S2/c13-10-7-9(1-2-11(10)14)20(17,18)16-5-3-8(4-6-16)12(15)19/h1-2,7-8H,3-6H2,(H2,15,19). The average Bonchev–Trinajstić information content (AvgIpc) is 2.41. The van der Waals surface area contributed by atoms with Crippen molar-refractivity contribution in [3.63, 3.8) is 0 Å². The van der Waals surface area contributed by atoms with Crippen molar-refractivity contribution in [1.29, 1.82) is 0 Å². The highest BCUT2D eigenvalue weighted by Crippen LogP contribution is 2.29. The minimum absolute atomic E-state index is 0.133. The van der Waals surface area contributed by atoms with Gasteiger partial charge in [-0.1, -0.05) is 23.8 Å². The summed E-state index contributed by atoms with van der Waals surface area (Å²) in [6, 6.07) is 4.61. The Labute approximate surface area is 137 Å². The van der Waals surface area contributed by atoms with Gasteiger partial charge in [0.1, 0.15) is 0 Å². The average molecular weight is 398 g/mol. The van der Waals surface area contributed by atoms with Gasteiger partial charge in [0.05, 0.1) is 14.9 Å². The van der Waals surface area contributed by atoms with Crippen molar-refractivity contribution in [3.05, 3.63) is 27.7 Å². The van der Waals surface area contributed by atoms with E-state index < -0.39 is 10.0 Å². The lowest BCUT2D eigenvalue weighted by Gasteiger charge is -2.30. The summed E-state index contributed by atoms with van der Waals surface area (Å²) in [4.78, 5) is 0.707. The van der Waals surface area contributed by atoms with E-state index >= 15 is 0 Å². The largest absolute Gasteiger partial charge is 0.393 e. The molecule has 0 amide bonds. The van der Waals surface area contributed by atoms with Gasteiger partial charge in [0.25, 0.3) is 0 Å². The second kappa shape index (κ2) is 6.27. The van der Waals surface area contributed by atoms with E-state index in [1.807, 2.05) is 0 Å². The summed E-state index contributed by atoms with van der Waals surface area (Å²) in [5.41, 5.74) is 5.61. The van der Waals surface area contributed by atoms with Crippen molar-refractivity contribution in [2.24, 2.45) is 11.7 Å². The molecule has 1 aromatic rings. The van der Waals surface area contributed by atoms with Crippen LogP contribution < -0.4 is 5.73 Å². The van der Waals surface area contributed by atoms with Gasteiger partial charge < -0.3 is 5.73 Å². The Morgan fingerprint density at radius 3 is 2.50 bits per heavy atom. The fourth-order valence-corrected chi connectivity index (χ4v) is 4.55. The Balaban J connectivity index is 2.19. The van der Waals surface area contributed by atoms with E-state index in [9.17, 15) is 8.42 Å². The smallest absolute Gasteiger partial charge is 0.243 e. The zero-order chi connectivity index (χ0) is 14.9. The van der Waals surface area contributed by atoms with Crippen LogP contribution in [-0.4, -0.2) is 30.8 Å². The molecular formula is C12H14BrClN2O2S2. The Kier molecular flexibility index (Phi) is 5.07. The summed E-state index contributed by atoms with van der Waals surface area (Å²) in [6.45, 7) is 0.870. The molecule has 1 aliphatic heterocycles. The third kappa shape index (κ3) is 3.33. The minimum Gasteiger partial charge on any atom is -0.393 e. The van der Waals surface area contributed by atoms with Crippen LogP contribution in [0.4, 0.5) is 0 Å². The van der Waals surface area contributed by atoms with E-state index in [4.69, 9.17) is 29.6 Å². The van der Waals surface area contributed by atoms with E-state index in [0.717, 1.165) is 0 Å². The molecule has 1 aromatic carbocycles. The van der Waals surface area contributed by atoms with Crippen LogP contribution in [0, 0.1) is 5.92 Å². The van der Waals surface area contributed by atoms with Gasteiger partial charge in [-0.25, -0.2) is 8.42 Å². The second-order valence-electron chi connectivity index (χ2n) is 4.66. The normalized spacial score (nSPS) is 18.1. The number of halogens is 2. The van der Waals surface area contributed by atoms with Crippen LogP contribution in [0.25, 0.3) is 0 Å². The first-order valence-corrected chi connectivity index (χ1v) is 9.09. The molecule has 0 spiro atoms. The van der Waals surface area contributed by atoms with Crippen LogP contribution >= 0.6 is 39.7 Å². The van der Waals surface area contributed by atoms with Crippen LogP contribution in [0.3, 0.4) is 0 Å². The number of sulfonamides is 1. The summed E-state index contributed by atoms with van der Waals surface area (Å²) in [5, 5.41) is 0.483. The molecule has 0 atom stereocenters. The molecule has 8 heteroatoms. The monoisotopic (exact) mass is 396 g/mol. The maximum Gasteiger partial charge on any atom is 0.243 e. The van der Waals surface area contributed by atoms with E-state index in [1.54, 1.807) is 6.07 Å². The molecule has 20 heavy (non-hydrogen) atoms. The van der Waals surface area contributed by atoms with Crippen molar-refractivity contribution in [1.82, 2.24) is 4.31 Å². The summed E-state index contributed by atoms with van der Waals surface area (Å²) >= 11 is 14.1. The Hall–Kier alpha value is -0.210. The van der Waals surface area contributed by atoms with E-state index in [2.05, 4.69) is 15.9 Å². The summed E-state index contributed by atoms with van der Waals surface area (Å²) < 4.78 is 27.1. The third-order valence-corrected chi connectivity index (χ3v) is 6.83. The molecule has 4 nitrogen and oxygen atoms in total. The predicted molar refractivity (Wildman–Crippen MR) is 87.4 cm³/mol. The van der Waals surface area contributed by atoms with E-state index in [0.29, 0.717) is 40.4 Å². The lowest BCUT2D eigenvalue weighted by Crippen LogP contribution is -2.41. The molecule has 1 heterocycles. The number of piperidine rings is 1. The van der Waals surface area contributed by atoms with E-state index in [-0.39, 0.29) is 10.8 Å². The molecule has 2 N–H and O–H groups in total. The highest BCUT2D eigenvalue weighted by atomic mass is 79.9. The van der Waals surface area contributed by atoms with Gasteiger partial charge in [0.15, 0.2) is 0 Å². The number of hydrogen-bond donors (Lipinski definition) is 1. The lowest BCUT2D eigenvalue weighted by molar-refractivity contribution is 0.316. The van der Waals surface area contributed by atoms with Gasteiger partial charge in [-0.05, 0) is 47.0 Å². The van der Waals surface area contributed by atoms with Gasteiger partial charge in [-0.3, -0.25) is 0 Å². The van der Waals surface area contributed by atoms with Gasteiger partial charge in [0.2, 0.25) is 10.0 Å². The third-order valence-electron chi connectivity index (χ3n) is 3.39. The minimum atomic E-state index is -3.49. The fraction of sp³-hybridized carbons (Fsp3) is 0.417. The van der Waals surface area contributed by atoms with Gasteiger partial charge in [0, 0.05) is 23.5 Å². The van der Waals surface area contributed by atoms with Crippen molar-refractivity contribution < 1.29 is 8.42 Å². The van der Waals surface area contributed by atoms with Crippen LogP contribution in [0.15, 0.2) is 27.6 Å². The summed E-state index contributed by atoms with van der Waals surface area (Å²) in [6.07, 6.45) is 1.34. The highest BCUT2D eigenvalue weighted by molar-refractivity contribution is 9.10. The Bertz CT molecular complexity index is 628. The van der Waals surface area contributed by atoms with Crippen LogP contribution in [0.5, 0.6) is 0 Å². The van der Waals surface area contributed by atoms with Crippen LogP contribution in [-0.2, 0) is 10.0 Å². The zero-order valence-electron chi connectivity index (χ0n) is 10.6. The maximum absolute atomic E-state index is 12.5. The quantitative estimate of drug-likeness (QED) is 0.797. The van der Waals surface area contributed by atoms with Gasteiger partial charge in [-0.2, -0.15) is 4.31 Å². The molecule has 0 unspecified atom stereocenters. The summed E-state index contributed by atoms with van der Waals surface area (Å²) in [5.74, 6) is 0.133. The van der Waals surface area contributed by atoms with Crippen molar-refractivity contribution in [3.8, 4) is 0 Å². The second-order valence-corrected chi connectivity index (χ2v) is 8.33. The molecule has 1 saturated heterocycles. The maximum atomic E-state index is 12.5. The number of nitrogens with zero attached hydrogens (tertiary/aromatic N) is 1. The van der Waals surface area contributed by atoms with Gasteiger partial charge >= 0.3 is 0 Å². The molecule has 0 radical (unpaired) electrons. The lowest BCUT2D eigenvalue weighted by atomic mass is 9.98. The first-order chi connectivity index (χ1) is 9.32. The zero-order valence-corrected chi connectivity index (χ0v) is 14.5. The fourth-order valence-electron chi connectivity index (χ4n) is 2.17. The van der Waals surface area contributed by atoms with E-state index in [1.165, 1.54) is 16.4 Å². The first kappa shape index (κ1) is 16.2. The molecule has 0 saturated carbocycles. The van der Waals surface area contributed by atoms with Crippen molar-refractivity contribution in [2.45, 2.75) is 17.7 Å². The molecule has 110 valence electrons. The van der Waals surface area contributed by atoms with Crippen LogP contribution in [0.2, 0.25) is 5.02 Å². The summed E-state index contributed by atoms with van der Waals surface area (Å²) in [7, 11) is -3.49. The number of thiocarbonyl (C=S) groups is 1.